The Morgan fingerprint density at radius 3 is 1.82 bits per heavy atom. The average Bonchev–Trinajstić information content (AvgIpc) is 2.96. The summed E-state index contributed by atoms with van der Waals surface area (Å²) in [5.74, 6) is 1.35. The van der Waals surface area contributed by atoms with Crippen LogP contribution in [0.25, 0.3) is 22.5 Å². The second kappa shape index (κ2) is 17.7. The predicted octanol–water partition coefficient (Wildman–Crippen LogP) is 10.2. The van der Waals surface area contributed by atoms with Crippen LogP contribution in [0, 0.1) is 0 Å². The summed E-state index contributed by atoms with van der Waals surface area (Å²) in [6, 6.07) is 16.4. The summed E-state index contributed by atoms with van der Waals surface area (Å²) in [7, 11) is 0. The van der Waals surface area contributed by atoms with Gasteiger partial charge in [0.2, 0.25) is 0 Å². The van der Waals surface area contributed by atoms with Gasteiger partial charge in [0.05, 0.1) is 0 Å². The van der Waals surface area contributed by atoms with E-state index in [-0.39, 0.29) is 6.61 Å². The normalized spacial score (nSPS) is 12.0. The van der Waals surface area contributed by atoms with Crippen LogP contribution in [0.1, 0.15) is 103 Å². The van der Waals surface area contributed by atoms with Crippen LogP contribution in [-0.4, -0.2) is 22.7 Å². The van der Waals surface area contributed by atoms with Gasteiger partial charge in [0.1, 0.15) is 18.5 Å². The first-order valence-electron chi connectivity index (χ1n) is 15.0. The number of ether oxygens (including phenoxy) is 1. The monoisotopic (exact) mass is 518 g/mol. The highest BCUT2D eigenvalue weighted by Gasteiger charge is 2.09. The van der Waals surface area contributed by atoms with Crippen molar-refractivity contribution >= 4 is 0 Å². The van der Waals surface area contributed by atoms with Gasteiger partial charge in [0.15, 0.2) is 5.82 Å². The molecule has 0 saturated heterocycles. The van der Waals surface area contributed by atoms with Crippen molar-refractivity contribution in [2.24, 2.45) is 0 Å². The molecule has 0 bridgehead atoms. The molecule has 1 unspecified atom stereocenters. The highest BCUT2D eigenvalue weighted by atomic mass is 19.1. The standard InChI is InChI=1S/C34H47FN2O/c1-3-5-7-9-10-12-14-16-32(35)27-38-33-23-21-30(22-24-33)34-36-25-31(26-37-34)29-19-17-28(18-20-29)15-13-11-8-6-4-2/h17-26,32H,3-16,27H2,1-2H3. The fourth-order valence-electron chi connectivity index (χ4n) is 4.72. The molecule has 3 nitrogen and oxygen atoms in total. The molecule has 4 heteroatoms. The van der Waals surface area contributed by atoms with Crippen LogP contribution >= 0.6 is 0 Å². The van der Waals surface area contributed by atoms with Crippen molar-refractivity contribution in [3.05, 3.63) is 66.5 Å². The molecule has 206 valence electrons. The van der Waals surface area contributed by atoms with E-state index in [2.05, 4.69) is 48.1 Å². The minimum Gasteiger partial charge on any atom is -0.491 e. The zero-order valence-electron chi connectivity index (χ0n) is 23.6. The van der Waals surface area contributed by atoms with Crippen molar-refractivity contribution in [1.82, 2.24) is 9.97 Å². The molecule has 1 atom stereocenters. The topological polar surface area (TPSA) is 35.0 Å². The summed E-state index contributed by atoms with van der Waals surface area (Å²) in [6.45, 7) is 4.59. The summed E-state index contributed by atoms with van der Waals surface area (Å²) < 4.78 is 19.9. The Bertz CT molecular complexity index is 1000. The minimum absolute atomic E-state index is 0.109. The maximum absolute atomic E-state index is 14.2. The summed E-state index contributed by atoms with van der Waals surface area (Å²) in [4.78, 5) is 9.17. The van der Waals surface area contributed by atoms with Crippen molar-refractivity contribution in [2.45, 2.75) is 110 Å². The molecule has 1 aromatic heterocycles. The first-order valence-corrected chi connectivity index (χ1v) is 15.0. The van der Waals surface area contributed by atoms with Crippen molar-refractivity contribution in [3.63, 3.8) is 0 Å². The van der Waals surface area contributed by atoms with Gasteiger partial charge in [-0.1, -0.05) is 109 Å². The Morgan fingerprint density at radius 2 is 1.18 bits per heavy atom. The van der Waals surface area contributed by atoms with Gasteiger partial charge in [0, 0.05) is 23.5 Å². The van der Waals surface area contributed by atoms with Crippen molar-refractivity contribution in [3.8, 4) is 28.3 Å². The Hall–Kier alpha value is -2.75. The van der Waals surface area contributed by atoms with Crippen molar-refractivity contribution in [1.29, 1.82) is 0 Å². The quantitative estimate of drug-likeness (QED) is 0.148. The molecular weight excluding hydrogens is 471 g/mol. The third-order valence-electron chi connectivity index (χ3n) is 7.17. The molecule has 0 amide bonds. The third-order valence-corrected chi connectivity index (χ3v) is 7.17. The Morgan fingerprint density at radius 1 is 0.632 bits per heavy atom. The smallest absolute Gasteiger partial charge is 0.159 e. The molecule has 3 aromatic rings. The van der Waals surface area contributed by atoms with Gasteiger partial charge in [0.25, 0.3) is 0 Å². The van der Waals surface area contributed by atoms with Gasteiger partial charge in [-0.2, -0.15) is 0 Å². The predicted molar refractivity (Wildman–Crippen MR) is 158 cm³/mol. The molecule has 0 aliphatic carbocycles. The molecule has 3 rings (SSSR count). The third kappa shape index (κ3) is 10.9. The number of alkyl halides is 1. The van der Waals surface area contributed by atoms with Gasteiger partial charge in [-0.3, -0.25) is 0 Å². The number of benzene rings is 2. The highest BCUT2D eigenvalue weighted by molar-refractivity contribution is 5.64. The van der Waals surface area contributed by atoms with Gasteiger partial charge >= 0.3 is 0 Å². The molecule has 0 radical (unpaired) electrons. The van der Waals surface area contributed by atoms with Gasteiger partial charge in [-0.25, -0.2) is 14.4 Å². The number of unbranched alkanes of at least 4 members (excludes halogenated alkanes) is 10. The molecular formula is C34H47FN2O. The van der Waals surface area contributed by atoms with E-state index in [0.29, 0.717) is 18.0 Å². The number of aryl methyl sites for hydroxylation is 1. The molecule has 0 fully saturated rings. The molecule has 2 aromatic carbocycles. The highest BCUT2D eigenvalue weighted by Crippen LogP contribution is 2.23. The van der Waals surface area contributed by atoms with Crippen LogP contribution < -0.4 is 4.74 Å². The van der Waals surface area contributed by atoms with Gasteiger partial charge in [-0.15, -0.1) is 0 Å². The fourth-order valence-corrected chi connectivity index (χ4v) is 4.72. The Balaban J connectivity index is 1.40. The molecule has 0 spiro atoms. The van der Waals surface area contributed by atoms with Gasteiger partial charge < -0.3 is 4.74 Å². The van der Waals surface area contributed by atoms with Crippen LogP contribution in [0.2, 0.25) is 0 Å². The van der Waals surface area contributed by atoms with E-state index >= 15 is 0 Å². The van der Waals surface area contributed by atoms with E-state index in [1.54, 1.807) is 0 Å². The largest absolute Gasteiger partial charge is 0.491 e. The van der Waals surface area contributed by atoms with Crippen molar-refractivity contribution in [2.75, 3.05) is 6.61 Å². The van der Waals surface area contributed by atoms with E-state index in [9.17, 15) is 4.39 Å². The van der Waals surface area contributed by atoms with Crippen LogP contribution in [0.3, 0.4) is 0 Å². The van der Waals surface area contributed by atoms with E-state index in [4.69, 9.17) is 4.74 Å². The molecule has 0 aliphatic heterocycles. The van der Waals surface area contributed by atoms with E-state index in [1.165, 1.54) is 69.8 Å². The van der Waals surface area contributed by atoms with Crippen LogP contribution in [0.4, 0.5) is 4.39 Å². The van der Waals surface area contributed by atoms with Gasteiger partial charge in [-0.05, 0) is 54.7 Å². The molecule has 1 heterocycles. The lowest BCUT2D eigenvalue weighted by Crippen LogP contribution is -2.12. The zero-order chi connectivity index (χ0) is 26.8. The molecule has 0 N–H and O–H groups in total. The minimum atomic E-state index is -0.916. The lowest BCUT2D eigenvalue weighted by Gasteiger charge is -2.11. The number of aromatic nitrogens is 2. The first-order chi connectivity index (χ1) is 18.7. The lowest BCUT2D eigenvalue weighted by atomic mass is 10.0. The zero-order valence-corrected chi connectivity index (χ0v) is 23.6. The Labute approximate surface area is 230 Å². The van der Waals surface area contributed by atoms with E-state index < -0.39 is 6.17 Å². The second-order valence-corrected chi connectivity index (χ2v) is 10.5. The van der Waals surface area contributed by atoms with Crippen molar-refractivity contribution < 1.29 is 9.13 Å². The number of halogens is 1. The maximum atomic E-state index is 14.2. The number of hydrogen-bond acceptors (Lipinski definition) is 3. The summed E-state index contributed by atoms with van der Waals surface area (Å²) in [6.07, 6.45) is 19.5. The second-order valence-electron chi connectivity index (χ2n) is 10.5. The number of rotatable bonds is 19. The first kappa shape index (κ1) is 29.8. The van der Waals surface area contributed by atoms with Crippen LogP contribution in [0.5, 0.6) is 5.75 Å². The summed E-state index contributed by atoms with van der Waals surface area (Å²) >= 11 is 0. The van der Waals surface area contributed by atoms with E-state index in [1.807, 2.05) is 36.7 Å². The SMILES string of the molecule is CCCCCCCCCC(F)COc1ccc(-c2ncc(-c3ccc(CCCCCCC)cc3)cn2)cc1. The lowest BCUT2D eigenvalue weighted by molar-refractivity contribution is 0.184. The molecule has 38 heavy (non-hydrogen) atoms. The Kier molecular flexibility index (Phi) is 13.9. The summed E-state index contributed by atoms with van der Waals surface area (Å²) in [5.41, 5.74) is 4.45. The average molecular weight is 519 g/mol. The molecule has 0 aliphatic rings. The van der Waals surface area contributed by atoms with Crippen LogP contribution in [0.15, 0.2) is 60.9 Å². The van der Waals surface area contributed by atoms with Crippen LogP contribution in [-0.2, 0) is 6.42 Å². The maximum Gasteiger partial charge on any atom is 0.159 e. The molecule has 0 saturated carbocycles. The van der Waals surface area contributed by atoms with E-state index in [0.717, 1.165) is 36.0 Å². The fraction of sp³-hybridized carbons (Fsp3) is 0.529. The summed E-state index contributed by atoms with van der Waals surface area (Å²) in [5, 5.41) is 0. The number of hydrogen-bond donors (Lipinski definition) is 0. The number of nitrogens with zero attached hydrogens (tertiary/aromatic N) is 2.